The van der Waals surface area contributed by atoms with E-state index in [0.29, 0.717) is 31.2 Å². The second kappa shape index (κ2) is 8.65. The molecule has 0 saturated heterocycles. The highest BCUT2D eigenvalue weighted by Gasteiger charge is 2.34. The zero-order chi connectivity index (χ0) is 22.1. The standard InChI is InChI=1S/C24H21ClN2O3S/c1-4-30-23(29)20-15(3)26-24-27(21(20)17-7-5-6-8-18(17)25)22(28)19(31-24)13-16-11-9-14(2)10-12-16/h5-13,21H,4H2,1-3H3/b19-13-/t21-/m0/s1. The molecule has 0 bridgehead atoms. The minimum absolute atomic E-state index is 0.219. The van der Waals surface area contributed by atoms with Crippen molar-refractivity contribution in [1.29, 1.82) is 0 Å². The highest BCUT2D eigenvalue weighted by molar-refractivity contribution is 7.07. The van der Waals surface area contributed by atoms with Crippen LogP contribution in [0.25, 0.3) is 6.08 Å². The first-order chi connectivity index (χ1) is 14.9. The second-order valence-electron chi connectivity index (χ2n) is 7.23. The maximum absolute atomic E-state index is 13.5. The number of aryl methyl sites for hydroxylation is 1. The van der Waals surface area contributed by atoms with Crippen LogP contribution in [0.3, 0.4) is 0 Å². The van der Waals surface area contributed by atoms with Crippen molar-refractivity contribution in [2.75, 3.05) is 6.61 Å². The van der Waals surface area contributed by atoms with Crippen molar-refractivity contribution < 1.29 is 9.53 Å². The van der Waals surface area contributed by atoms with Gasteiger partial charge in [-0.25, -0.2) is 9.79 Å². The molecule has 3 aromatic rings. The predicted octanol–water partition coefficient (Wildman–Crippen LogP) is 3.76. The van der Waals surface area contributed by atoms with Crippen LogP contribution in [0.2, 0.25) is 5.02 Å². The molecular formula is C24H21ClN2O3S. The lowest BCUT2D eigenvalue weighted by Crippen LogP contribution is -2.40. The number of allylic oxidation sites excluding steroid dienone is 1. The second-order valence-corrected chi connectivity index (χ2v) is 8.65. The van der Waals surface area contributed by atoms with Crippen LogP contribution in [0.5, 0.6) is 0 Å². The molecule has 7 heteroatoms. The molecule has 0 saturated carbocycles. The summed E-state index contributed by atoms with van der Waals surface area (Å²) in [4.78, 5) is 31.4. The van der Waals surface area contributed by atoms with E-state index in [2.05, 4.69) is 4.99 Å². The molecule has 1 aliphatic heterocycles. The number of benzene rings is 2. The van der Waals surface area contributed by atoms with E-state index in [-0.39, 0.29) is 12.2 Å². The van der Waals surface area contributed by atoms with Crippen molar-refractivity contribution >= 4 is 35.0 Å². The molecule has 0 spiro atoms. The number of ether oxygens (including phenoxy) is 1. The van der Waals surface area contributed by atoms with Gasteiger partial charge in [-0.15, -0.1) is 0 Å². The molecule has 31 heavy (non-hydrogen) atoms. The molecule has 0 N–H and O–H groups in total. The van der Waals surface area contributed by atoms with Crippen molar-refractivity contribution in [2.45, 2.75) is 26.8 Å². The Morgan fingerprint density at radius 3 is 2.58 bits per heavy atom. The van der Waals surface area contributed by atoms with Crippen LogP contribution >= 0.6 is 22.9 Å². The fourth-order valence-corrected chi connectivity index (χ4v) is 4.88. The van der Waals surface area contributed by atoms with Gasteiger partial charge in [0.05, 0.1) is 22.4 Å². The highest BCUT2D eigenvalue weighted by atomic mass is 35.5. The summed E-state index contributed by atoms with van der Waals surface area (Å²) in [6.07, 6.45) is 1.84. The van der Waals surface area contributed by atoms with Gasteiger partial charge in [-0.3, -0.25) is 9.36 Å². The van der Waals surface area contributed by atoms with Crippen molar-refractivity contribution in [2.24, 2.45) is 4.99 Å². The van der Waals surface area contributed by atoms with Crippen molar-refractivity contribution in [1.82, 2.24) is 4.57 Å². The van der Waals surface area contributed by atoms with E-state index in [1.54, 1.807) is 24.5 Å². The van der Waals surface area contributed by atoms with Gasteiger partial charge >= 0.3 is 5.97 Å². The van der Waals surface area contributed by atoms with Crippen molar-refractivity contribution in [3.63, 3.8) is 0 Å². The maximum Gasteiger partial charge on any atom is 0.338 e. The van der Waals surface area contributed by atoms with Gasteiger partial charge in [0.1, 0.15) is 6.04 Å². The summed E-state index contributed by atoms with van der Waals surface area (Å²) >= 11 is 7.79. The smallest absolute Gasteiger partial charge is 0.338 e. The summed E-state index contributed by atoms with van der Waals surface area (Å²) in [6, 6.07) is 14.4. The molecule has 1 atom stereocenters. The maximum atomic E-state index is 13.5. The van der Waals surface area contributed by atoms with Crippen molar-refractivity contribution in [3.05, 3.63) is 101 Å². The first-order valence-electron chi connectivity index (χ1n) is 9.91. The minimum atomic E-state index is -0.704. The molecule has 0 aliphatic carbocycles. The summed E-state index contributed by atoms with van der Waals surface area (Å²) in [5.41, 5.74) is 3.35. The van der Waals surface area contributed by atoms with Crippen LogP contribution in [0.1, 0.15) is 36.6 Å². The van der Waals surface area contributed by atoms with E-state index in [1.807, 2.05) is 55.5 Å². The molecule has 0 amide bonds. The highest BCUT2D eigenvalue weighted by Crippen LogP contribution is 2.34. The first kappa shape index (κ1) is 21.3. The first-order valence-corrected chi connectivity index (χ1v) is 11.1. The van der Waals surface area contributed by atoms with Crippen molar-refractivity contribution in [3.8, 4) is 0 Å². The topological polar surface area (TPSA) is 60.7 Å². The van der Waals surface area contributed by atoms with Gasteiger partial charge in [0.2, 0.25) is 0 Å². The normalized spacial score (nSPS) is 16.1. The van der Waals surface area contributed by atoms with Gasteiger partial charge in [0, 0.05) is 5.02 Å². The molecule has 158 valence electrons. The quantitative estimate of drug-likeness (QED) is 0.566. The Balaban J connectivity index is 1.97. The zero-order valence-electron chi connectivity index (χ0n) is 17.4. The SMILES string of the molecule is CCOC(=O)C1=C(C)N=c2s/c(=C\c3ccc(C)cc3)c(=O)n2[C@H]1c1ccccc1Cl. The summed E-state index contributed by atoms with van der Waals surface area (Å²) in [6.45, 7) is 5.74. The number of rotatable bonds is 4. The van der Waals surface area contributed by atoms with E-state index < -0.39 is 12.0 Å². The average Bonchev–Trinajstić information content (AvgIpc) is 3.04. The van der Waals surface area contributed by atoms with Crippen LogP contribution in [-0.2, 0) is 9.53 Å². The molecule has 1 aromatic heterocycles. The number of thiazole rings is 1. The number of fused-ring (bicyclic) bond motifs is 1. The lowest BCUT2D eigenvalue weighted by molar-refractivity contribution is -0.139. The molecule has 2 heterocycles. The van der Waals surface area contributed by atoms with Gasteiger partial charge in [-0.05, 0) is 44.0 Å². The molecule has 2 aromatic carbocycles. The fourth-order valence-electron chi connectivity index (χ4n) is 3.60. The van der Waals surface area contributed by atoms with Crippen LogP contribution in [0, 0.1) is 6.92 Å². The predicted molar refractivity (Wildman–Crippen MR) is 123 cm³/mol. The number of nitrogens with zero attached hydrogens (tertiary/aromatic N) is 2. The van der Waals surface area contributed by atoms with E-state index in [9.17, 15) is 9.59 Å². The van der Waals surface area contributed by atoms with Crippen LogP contribution in [0.4, 0.5) is 0 Å². The largest absolute Gasteiger partial charge is 0.463 e. The van der Waals surface area contributed by atoms with Gasteiger partial charge in [0.25, 0.3) is 5.56 Å². The Labute approximate surface area is 188 Å². The Hall–Kier alpha value is -2.96. The summed E-state index contributed by atoms with van der Waals surface area (Å²) in [7, 11) is 0. The third-order valence-electron chi connectivity index (χ3n) is 5.09. The Morgan fingerprint density at radius 1 is 1.19 bits per heavy atom. The number of carbonyl (C=O) groups is 1. The molecule has 1 aliphatic rings. The van der Waals surface area contributed by atoms with E-state index in [1.165, 1.54) is 11.3 Å². The van der Waals surface area contributed by atoms with E-state index in [0.717, 1.165) is 11.1 Å². The number of esters is 1. The summed E-state index contributed by atoms with van der Waals surface area (Å²) in [5.74, 6) is -0.499. The van der Waals surface area contributed by atoms with E-state index >= 15 is 0 Å². The third-order valence-corrected chi connectivity index (χ3v) is 6.42. The lowest BCUT2D eigenvalue weighted by Gasteiger charge is -2.25. The van der Waals surface area contributed by atoms with Gasteiger partial charge in [0.15, 0.2) is 4.80 Å². The molecule has 0 radical (unpaired) electrons. The number of carbonyl (C=O) groups excluding carboxylic acids is 1. The van der Waals surface area contributed by atoms with E-state index in [4.69, 9.17) is 16.3 Å². The Morgan fingerprint density at radius 2 is 1.90 bits per heavy atom. The van der Waals surface area contributed by atoms with Gasteiger partial charge in [-0.2, -0.15) is 0 Å². The number of hydrogen-bond donors (Lipinski definition) is 0. The van der Waals surface area contributed by atoms with Gasteiger partial charge < -0.3 is 4.74 Å². The number of aromatic nitrogens is 1. The average molecular weight is 453 g/mol. The minimum Gasteiger partial charge on any atom is -0.463 e. The number of halogens is 1. The third kappa shape index (κ3) is 4.01. The molecule has 0 unspecified atom stereocenters. The van der Waals surface area contributed by atoms with Crippen LogP contribution in [-0.4, -0.2) is 17.1 Å². The molecular weight excluding hydrogens is 432 g/mol. The lowest BCUT2D eigenvalue weighted by atomic mass is 9.96. The zero-order valence-corrected chi connectivity index (χ0v) is 19.0. The molecule has 0 fully saturated rings. The Bertz CT molecular complexity index is 1370. The monoisotopic (exact) mass is 452 g/mol. The summed E-state index contributed by atoms with van der Waals surface area (Å²) < 4.78 is 7.38. The Kier molecular flexibility index (Phi) is 5.94. The molecule has 5 nitrogen and oxygen atoms in total. The fraction of sp³-hybridized carbons (Fsp3) is 0.208. The van der Waals surface area contributed by atoms with Gasteiger partial charge in [-0.1, -0.05) is 71.0 Å². The summed E-state index contributed by atoms with van der Waals surface area (Å²) in [5, 5.41) is 0.470. The van der Waals surface area contributed by atoms with Crippen LogP contribution < -0.4 is 14.9 Å². The molecule has 4 rings (SSSR count). The van der Waals surface area contributed by atoms with Crippen LogP contribution in [0.15, 0.2) is 69.6 Å². The number of hydrogen-bond acceptors (Lipinski definition) is 5.